The van der Waals surface area contributed by atoms with Crippen LogP contribution in [-0.4, -0.2) is 16.7 Å². The lowest BCUT2D eigenvalue weighted by molar-refractivity contribution is 0.0384. The van der Waals surface area contributed by atoms with Crippen LogP contribution in [0.5, 0.6) is 0 Å². The van der Waals surface area contributed by atoms with Gasteiger partial charge >= 0.3 is 0 Å². The van der Waals surface area contributed by atoms with Gasteiger partial charge in [0.05, 0.1) is 6.04 Å². The van der Waals surface area contributed by atoms with E-state index in [1.807, 2.05) is 6.92 Å². The van der Waals surface area contributed by atoms with E-state index in [9.17, 15) is 0 Å². The molecule has 1 fully saturated rings. The number of nitrogens with two attached hydrogens (primary N) is 1. The fraction of sp³-hybridized carbons (Fsp3) is 0.833. The van der Waals surface area contributed by atoms with Gasteiger partial charge in [-0.25, -0.2) is 0 Å². The first-order valence-corrected chi connectivity index (χ1v) is 6.46. The van der Waals surface area contributed by atoms with Crippen LogP contribution in [0.25, 0.3) is 0 Å². The van der Waals surface area contributed by atoms with Crippen molar-refractivity contribution in [2.45, 2.75) is 51.7 Å². The Morgan fingerprint density at radius 1 is 1.47 bits per heavy atom. The van der Waals surface area contributed by atoms with Gasteiger partial charge in [0.15, 0.2) is 0 Å². The molecule has 1 saturated carbocycles. The van der Waals surface area contributed by atoms with Crippen molar-refractivity contribution in [3.05, 3.63) is 11.7 Å². The monoisotopic (exact) mass is 239 g/mol. The summed E-state index contributed by atoms with van der Waals surface area (Å²) in [7, 11) is 0. The summed E-state index contributed by atoms with van der Waals surface area (Å²) in [5.74, 6) is 1.76. The predicted octanol–water partition coefficient (Wildman–Crippen LogP) is 2.36. The molecule has 1 aromatic rings. The fourth-order valence-corrected chi connectivity index (χ4v) is 1.95. The van der Waals surface area contributed by atoms with Gasteiger partial charge in [-0.05, 0) is 32.1 Å². The number of ether oxygens (including phenoxy) is 1. The van der Waals surface area contributed by atoms with Crippen LogP contribution in [0, 0.1) is 5.92 Å². The van der Waals surface area contributed by atoms with Crippen molar-refractivity contribution in [2.75, 3.05) is 6.61 Å². The van der Waals surface area contributed by atoms with Crippen molar-refractivity contribution in [2.24, 2.45) is 11.7 Å². The van der Waals surface area contributed by atoms with Gasteiger partial charge in [0, 0.05) is 6.61 Å². The quantitative estimate of drug-likeness (QED) is 0.790. The zero-order valence-electron chi connectivity index (χ0n) is 10.6. The lowest BCUT2D eigenvalue weighted by atomic mass is 10.2. The normalized spacial score (nSPS) is 19.2. The second kappa shape index (κ2) is 5.60. The summed E-state index contributed by atoms with van der Waals surface area (Å²) >= 11 is 0. The smallest absolute Gasteiger partial charge is 0.243 e. The van der Waals surface area contributed by atoms with E-state index in [1.165, 1.54) is 12.8 Å². The molecule has 0 aromatic carbocycles. The van der Waals surface area contributed by atoms with Crippen molar-refractivity contribution in [1.82, 2.24) is 10.1 Å². The Kier molecular flexibility index (Phi) is 4.12. The molecule has 0 bridgehead atoms. The van der Waals surface area contributed by atoms with Crippen LogP contribution in [0.4, 0.5) is 0 Å². The van der Waals surface area contributed by atoms with Gasteiger partial charge in [-0.2, -0.15) is 4.98 Å². The molecular formula is C12H21N3O2. The second-order valence-electron chi connectivity index (χ2n) is 4.60. The number of aromatic nitrogens is 2. The van der Waals surface area contributed by atoms with Gasteiger partial charge in [0.2, 0.25) is 11.7 Å². The molecule has 1 aliphatic carbocycles. The average molecular weight is 239 g/mol. The highest BCUT2D eigenvalue weighted by Crippen LogP contribution is 2.42. The van der Waals surface area contributed by atoms with Crippen molar-refractivity contribution in [3.8, 4) is 0 Å². The Labute approximate surface area is 102 Å². The molecular weight excluding hydrogens is 218 g/mol. The Bertz CT molecular complexity index is 349. The Balaban J connectivity index is 2.04. The van der Waals surface area contributed by atoms with Gasteiger partial charge in [-0.3, -0.25) is 0 Å². The zero-order valence-corrected chi connectivity index (χ0v) is 10.6. The molecule has 96 valence electrons. The molecule has 0 aliphatic heterocycles. The third kappa shape index (κ3) is 3.04. The van der Waals surface area contributed by atoms with Crippen LogP contribution < -0.4 is 5.73 Å². The maximum absolute atomic E-state index is 5.95. The zero-order chi connectivity index (χ0) is 12.3. The molecule has 17 heavy (non-hydrogen) atoms. The maximum Gasteiger partial charge on any atom is 0.243 e. The molecule has 2 rings (SSSR count). The minimum Gasteiger partial charge on any atom is -0.370 e. The molecule has 0 amide bonds. The SMILES string of the molecule is CCC[C@H](N)c1nc(C(OCC)C2CC2)no1. The summed E-state index contributed by atoms with van der Waals surface area (Å²) in [6.45, 7) is 4.75. The molecule has 1 heterocycles. The summed E-state index contributed by atoms with van der Waals surface area (Å²) in [5.41, 5.74) is 5.95. The number of hydrogen-bond acceptors (Lipinski definition) is 5. The van der Waals surface area contributed by atoms with Gasteiger partial charge in [-0.15, -0.1) is 0 Å². The minimum absolute atomic E-state index is 0.00803. The maximum atomic E-state index is 5.95. The fourth-order valence-electron chi connectivity index (χ4n) is 1.95. The van der Waals surface area contributed by atoms with Crippen LogP contribution in [0.2, 0.25) is 0 Å². The predicted molar refractivity (Wildman–Crippen MR) is 63.2 cm³/mol. The first-order valence-electron chi connectivity index (χ1n) is 6.46. The van der Waals surface area contributed by atoms with Crippen molar-refractivity contribution < 1.29 is 9.26 Å². The van der Waals surface area contributed by atoms with E-state index in [1.54, 1.807) is 0 Å². The summed E-state index contributed by atoms with van der Waals surface area (Å²) in [5, 5.41) is 4.01. The topological polar surface area (TPSA) is 74.2 Å². The van der Waals surface area contributed by atoms with Crippen LogP contribution in [-0.2, 0) is 4.74 Å². The van der Waals surface area contributed by atoms with E-state index < -0.39 is 0 Å². The summed E-state index contributed by atoms with van der Waals surface area (Å²) in [6.07, 6.45) is 4.25. The Morgan fingerprint density at radius 2 is 2.24 bits per heavy atom. The van der Waals surface area contributed by atoms with Crippen LogP contribution >= 0.6 is 0 Å². The van der Waals surface area contributed by atoms with E-state index in [0.717, 1.165) is 12.8 Å². The summed E-state index contributed by atoms with van der Waals surface area (Å²) in [6, 6.07) is -0.150. The highest BCUT2D eigenvalue weighted by atomic mass is 16.5. The van der Waals surface area contributed by atoms with Gasteiger partial charge in [0.25, 0.3) is 0 Å². The van der Waals surface area contributed by atoms with E-state index >= 15 is 0 Å². The first-order chi connectivity index (χ1) is 8.26. The minimum atomic E-state index is -0.150. The van der Waals surface area contributed by atoms with E-state index in [-0.39, 0.29) is 12.1 Å². The standard InChI is InChI=1S/C12H21N3O2/c1-3-5-9(13)12-14-11(15-17-12)10(16-4-2)8-6-7-8/h8-10H,3-7,13H2,1-2H3/t9-,10?/m0/s1. The molecule has 1 aromatic heterocycles. The Morgan fingerprint density at radius 3 is 2.82 bits per heavy atom. The number of hydrogen-bond donors (Lipinski definition) is 1. The third-order valence-corrected chi connectivity index (χ3v) is 3.03. The van der Waals surface area contributed by atoms with E-state index in [4.69, 9.17) is 15.0 Å². The summed E-state index contributed by atoms with van der Waals surface area (Å²) in [4.78, 5) is 4.38. The van der Waals surface area contributed by atoms with Gasteiger partial charge in [0.1, 0.15) is 6.10 Å². The highest BCUT2D eigenvalue weighted by molar-refractivity contribution is 5.00. The van der Waals surface area contributed by atoms with E-state index in [2.05, 4.69) is 17.1 Å². The highest BCUT2D eigenvalue weighted by Gasteiger charge is 2.36. The van der Waals surface area contributed by atoms with Crippen molar-refractivity contribution >= 4 is 0 Å². The third-order valence-electron chi connectivity index (χ3n) is 3.03. The lowest BCUT2D eigenvalue weighted by Gasteiger charge is -2.11. The number of nitrogens with zero attached hydrogens (tertiary/aromatic N) is 2. The molecule has 2 atom stereocenters. The van der Waals surface area contributed by atoms with Crippen LogP contribution in [0.3, 0.4) is 0 Å². The molecule has 0 radical (unpaired) electrons. The average Bonchev–Trinajstić information content (AvgIpc) is 3.03. The largest absolute Gasteiger partial charge is 0.370 e. The molecule has 5 nitrogen and oxygen atoms in total. The lowest BCUT2D eigenvalue weighted by Crippen LogP contribution is -2.12. The molecule has 1 unspecified atom stereocenters. The van der Waals surface area contributed by atoms with Crippen molar-refractivity contribution in [1.29, 1.82) is 0 Å². The second-order valence-corrected chi connectivity index (χ2v) is 4.60. The van der Waals surface area contributed by atoms with Crippen LogP contribution in [0.15, 0.2) is 4.52 Å². The van der Waals surface area contributed by atoms with Gasteiger partial charge in [-0.1, -0.05) is 18.5 Å². The number of rotatable bonds is 7. The van der Waals surface area contributed by atoms with E-state index in [0.29, 0.717) is 24.2 Å². The summed E-state index contributed by atoms with van der Waals surface area (Å²) < 4.78 is 10.9. The Hall–Kier alpha value is -0.940. The molecule has 5 heteroatoms. The molecule has 2 N–H and O–H groups in total. The molecule has 0 saturated heterocycles. The molecule has 0 spiro atoms. The van der Waals surface area contributed by atoms with Gasteiger partial charge < -0.3 is 15.0 Å². The molecule has 1 aliphatic rings. The first kappa shape index (κ1) is 12.5. The van der Waals surface area contributed by atoms with Crippen LogP contribution in [0.1, 0.15) is 63.4 Å². The van der Waals surface area contributed by atoms with Crippen molar-refractivity contribution in [3.63, 3.8) is 0 Å².